The quantitative estimate of drug-likeness (QED) is 0.788. The molecule has 0 saturated carbocycles. The van der Waals surface area contributed by atoms with E-state index >= 15 is 0 Å². The average Bonchev–Trinajstić information content (AvgIpc) is 2.03. The van der Waals surface area contributed by atoms with Crippen LogP contribution >= 0.6 is 11.6 Å². The maximum atomic E-state index is 12.8. The Labute approximate surface area is 81.1 Å². The summed E-state index contributed by atoms with van der Waals surface area (Å²) in [6.45, 7) is 0.356. The Morgan fingerprint density at radius 1 is 1.46 bits per heavy atom. The Kier molecular flexibility index (Phi) is 3.66. The Balaban J connectivity index is 2.87. The lowest BCUT2D eigenvalue weighted by atomic mass is 10.1. The molecule has 13 heavy (non-hydrogen) atoms. The van der Waals surface area contributed by atoms with Gasteiger partial charge < -0.3 is 10.8 Å². The monoisotopic (exact) mass is 203 g/mol. The Morgan fingerprint density at radius 3 is 2.69 bits per heavy atom. The molecule has 0 aliphatic rings. The van der Waals surface area contributed by atoms with E-state index in [1.54, 1.807) is 0 Å². The zero-order valence-electron chi connectivity index (χ0n) is 7.00. The summed E-state index contributed by atoms with van der Waals surface area (Å²) in [6.07, 6.45) is -0.335. The fourth-order valence-corrected chi connectivity index (χ4v) is 1.32. The van der Waals surface area contributed by atoms with Crippen LogP contribution in [0, 0.1) is 5.82 Å². The van der Waals surface area contributed by atoms with E-state index in [9.17, 15) is 9.50 Å². The highest BCUT2D eigenvalue weighted by Crippen LogP contribution is 2.21. The highest BCUT2D eigenvalue weighted by atomic mass is 35.5. The molecule has 3 N–H and O–H groups in total. The zero-order valence-corrected chi connectivity index (χ0v) is 7.76. The zero-order chi connectivity index (χ0) is 9.84. The van der Waals surface area contributed by atoms with Gasteiger partial charge in [0.1, 0.15) is 5.82 Å². The molecular formula is C9H11ClFNO. The molecule has 1 aromatic carbocycles. The van der Waals surface area contributed by atoms with Crippen molar-refractivity contribution < 1.29 is 9.50 Å². The summed E-state index contributed by atoms with van der Waals surface area (Å²) in [5.41, 5.74) is 5.72. The normalized spacial score (nSPS) is 12.9. The highest BCUT2D eigenvalue weighted by Gasteiger charge is 2.08. The number of benzene rings is 1. The van der Waals surface area contributed by atoms with Crippen LogP contribution in [0.25, 0.3) is 0 Å². The van der Waals surface area contributed by atoms with Crippen LogP contribution in [0.4, 0.5) is 4.39 Å². The summed E-state index contributed by atoms with van der Waals surface area (Å²) >= 11 is 5.61. The van der Waals surface area contributed by atoms with Crippen molar-refractivity contribution in [3.8, 4) is 0 Å². The molecule has 1 aromatic rings. The van der Waals surface area contributed by atoms with Crippen molar-refractivity contribution in [2.24, 2.45) is 5.73 Å². The molecule has 0 saturated heterocycles. The molecule has 1 atom stereocenters. The van der Waals surface area contributed by atoms with Crippen LogP contribution in [-0.4, -0.2) is 11.7 Å². The lowest BCUT2D eigenvalue weighted by molar-refractivity contribution is 0.170. The summed E-state index contributed by atoms with van der Waals surface area (Å²) in [7, 11) is 0. The van der Waals surface area contributed by atoms with E-state index in [4.69, 9.17) is 17.3 Å². The molecule has 0 bridgehead atoms. The summed E-state index contributed by atoms with van der Waals surface area (Å²) in [5, 5.41) is 9.75. The number of hydrogen-bond acceptors (Lipinski definition) is 2. The number of hydrogen-bond donors (Lipinski definition) is 2. The minimum absolute atomic E-state index is 0.283. The van der Waals surface area contributed by atoms with Gasteiger partial charge in [-0.2, -0.15) is 0 Å². The van der Waals surface area contributed by atoms with Gasteiger partial charge in [0.05, 0.1) is 6.10 Å². The third-order valence-corrected chi connectivity index (χ3v) is 1.93. The maximum Gasteiger partial charge on any atom is 0.125 e. The number of aliphatic hydroxyl groups excluding tert-OH is 1. The molecule has 4 heteroatoms. The Bertz CT molecular complexity index is 273. The van der Waals surface area contributed by atoms with Gasteiger partial charge in [-0.1, -0.05) is 11.6 Å². The van der Waals surface area contributed by atoms with E-state index < -0.39 is 11.9 Å². The van der Waals surface area contributed by atoms with E-state index in [2.05, 4.69) is 0 Å². The standard InChI is InChI=1S/C9H11ClFNO/c10-7-3-6(4-8(11)5-7)9(13)1-2-12/h3-5,9,13H,1-2,12H2/t9-/m0/s1. The van der Waals surface area contributed by atoms with Gasteiger partial charge in [0.25, 0.3) is 0 Å². The summed E-state index contributed by atoms with van der Waals surface area (Å²) in [6, 6.07) is 3.98. The van der Waals surface area contributed by atoms with E-state index in [1.165, 1.54) is 18.2 Å². The molecule has 2 nitrogen and oxygen atoms in total. The first-order chi connectivity index (χ1) is 6.13. The predicted molar refractivity (Wildman–Crippen MR) is 50.0 cm³/mol. The van der Waals surface area contributed by atoms with Crippen LogP contribution in [0.2, 0.25) is 5.02 Å². The summed E-state index contributed by atoms with van der Waals surface area (Å²) < 4.78 is 12.8. The molecule has 0 spiro atoms. The highest BCUT2D eigenvalue weighted by molar-refractivity contribution is 6.30. The lowest BCUT2D eigenvalue weighted by Gasteiger charge is -2.09. The molecule has 0 amide bonds. The van der Waals surface area contributed by atoms with E-state index in [1.807, 2.05) is 0 Å². The first kappa shape index (κ1) is 10.4. The summed E-state index contributed by atoms with van der Waals surface area (Å²) in [5.74, 6) is -0.446. The minimum Gasteiger partial charge on any atom is -0.388 e. The van der Waals surface area contributed by atoms with Gasteiger partial charge in [0.2, 0.25) is 0 Å². The number of halogens is 2. The lowest BCUT2D eigenvalue weighted by Crippen LogP contribution is -2.06. The Hall–Kier alpha value is -0.640. The molecule has 0 aromatic heterocycles. The maximum absolute atomic E-state index is 12.8. The van der Waals surface area contributed by atoms with E-state index in [0.717, 1.165) is 0 Å². The van der Waals surface area contributed by atoms with Crippen LogP contribution in [0.3, 0.4) is 0 Å². The van der Waals surface area contributed by atoms with Crippen LogP contribution < -0.4 is 5.73 Å². The van der Waals surface area contributed by atoms with Crippen LogP contribution in [0.1, 0.15) is 18.1 Å². The average molecular weight is 204 g/mol. The summed E-state index contributed by atoms with van der Waals surface area (Å²) in [4.78, 5) is 0. The molecule has 0 unspecified atom stereocenters. The van der Waals surface area contributed by atoms with Gasteiger partial charge in [-0.05, 0) is 36.7 Å². The second-order valence-electron chi connectivity index (χ2n) is 2.80. The van der Waals surface area contributed by atoms with Crippen LogP contribution in [0.5, 0.6) is 0 Å². The van der Waals surface area contributed by atoms with Crippen molar-refractivity contribution >= 4 is 11.6 Å². The van der Waals surface area contributed by atoms with Gasteiger partial charge in [0.15, 0.2) is 0 Å². The third-order valence-electron chi connectivity index (χ3n) is 1.71. The molecule has 1 rings (SSSR count). The topological polar surface area (TPSA) is 46.2 Å². The molecule has 72 valence electrons. The van der Waals surface area contributed by atoms with Gasteiger partial charge >= 0.3 is 0 Å². The van der Waals surface area contributed by atoms with Gasteiger partial charge in [-0.15, -0.1) is 0 Å². The molecule has 0 radical (unpaired) electrons. The molecule has 0 fully saturated rings. The fraction of sp³-hybridized carbons (Fsp3) is 0.333. The predicted octanol–water partition coefficient (Wildman–Crippen LogP) is 1.86. The van der Waals surface area contributed by atoms with Crippen molar-refractivity contribution in [3.63, 3.8) is 0 Å². The van der Waals surface area contributed by atoms with Gasteiger partial charge in [-0.3, -0.25) is 0 Å². The second-order valence-corrected chi connectivity index (χ2v) is 3.23. The van der Waals surface area contributed by atoms with Gasteiger partial charge in [0, 0.05) is 5.02 Å². The minimum atomic E-state index is -0.738. The first-order valence-corrected chi connectivity index (χ1v) is 4.35. The van der Waals surface area contributed by atoms with Crippen LogP contribution in [0.15, 0.2) is 18.2 Å². The molecular weight excluding hydrogens is 193 g/mol. The molecule has 0 aliphatic heterocycles. The van der Waals surface area contributed by atoms with E-state index in [-0.39, 0.29) is 5.02 Å². The largest absolute Gasteiger partial charge is 0.388 e. The first-order valence-electron chi connectivity index (χ1n) is 3.97. The van der Waals surface area contributed by atoms with Crippen molar-refractivity contribution in [2.45, 2.75) is 12.5 Å². The smallest absolute Gasteiger partial charge is 0.125 e. The van der Waals surface area contributed by atoms with Crippen molar-refractivity contribution in [1.29, 1.82) is 0 Å². The van der Waals surface area contributed by atoms with Crippen molar-refractivity contribution in [3.05, 3.63) is 34.6 Å². The molecule has 0 heterocycles. The second kappa shape index (κ2) is 4.56. The fourth-order valence-electron chi connectivity index (χ4n) is 1.09. The number of aliphatic hydroxyl groups is 1. The number of nitrogens with two attached hydrogens (primary N) is 1. The van der Waals surface area contributed by atoms with Crippen LogP contribution in [-0.2, 0) is 0 Å². The Morgan fingerprint density at radius 2 is 2.15 bits per heavy atom. The van der Waals surface area contributed by atoms with Crippen molar-refractivity contribution in [2.75, 3.05) is 6.54 Å². The van der Waals surface area contributed by atoms with Crippen molar-refractivity contribution in [1.82, 2.24) is 0 Å². The SMILES string of the molecule is NCC[C@H](O)c1cc(F)cc(Cl)c1. The van der Waals surface area contributed by atoms with E-state index in [0.29, 0.717) is 18.5 Å². The third kappa shape index (κ3) is 2.95. The molecule has 0 aliphatic carbocycles. The number of rotatable bonds is 3. The van der Waals surface area contributed by atoms with Gasteiger partial charge in [-0.25, -0.2) is 4.39 Å².